The van der Waals surface area contributed by atoms with Crippen molar-refractivity contribution in [2.24, 2.45) is 5.73 Å². The SMILES string of the molecule is CCCCOc1ccc(CCCC2SC(=O)N(CCN)C2=O)cc1. The Kier molecular flexibility index (Phi) is 7.59. The van der Waals surface area contributed by atoms with E-state index in [1.807, 2.05) is 12.1 Å². The van der Waals surface area contributed by atoms with Crippen LogP contribution in [-0.4, -0.2) is 41.0 Å². The summed E-state index contributed by atoms with van der Waals surface area (Å²) in [5, 5.41) is -0.412. The van der Waals surface area contributed by atoms with Gasteiger partial charge >= 0.3 is 0 Å². The van der Waals surface area contributed by atoms with Crippen molar-refractivity contribution in [3.05, 3.63) is 29.8 Å². The Morgan fingerprint density at radius 2 is 1.96 bits per heavy atom. The number of hydrogen-bond acceptors (Lipinski definition) is 5. The van der Waals surface area contributed by atoms with Gasteiger partial charge in [0.05, 0.1) is 11.9 Å². The average molecular weight is 350 g/mol. The van der Waals surface area contributed by atoms with Crippen molar-refractivity contribution in [1.29, 1.82) is 0 Å². The summed E-state index contributed by atoms with van der Waals surface area (Å²) in [6, 6.07) is 8.12. The zero-order valence-electron chi connectivity index (χ0n) is 14.2. The third-order valence-corrected chi connectivity index (χ3v) is 5.12. The van der Waals surface area contributed by atoms with Gasteiger partial charge in [0.1, 0.15) is 5.75 Å². The number of rotatable bonds is 10. The average Bonchev–Trinajstić information content (AvgIpc) is 2.85. The van der Waals surface area contributed by atoms with Crippen LogP contribution in [0, 0.1) is 0 Å². The molecule has 0 radical (unpaired) electrons. The van der Waals surface area contributed by atoms with Crippen LogP contribution in [0.2, 0.25) is 0 Å². The minimum Gasteiger partial charge on any atom is -0.494 e. The molecule has 0 aliphatic carbocycles. The predicted molar refractivity (Wildman–Crippen MR) is 97.3 cm³/mol. The first kappa shape index (κ1) is 18.8. The molecule has 1 atom stereocenters. The molecule has 2 amide bonds. The van der Waals surface area contributed by atoms with E-state index in [0.717, 1.165) is 49.8 Å². The third-order valence-electron chi connectivity index (χ3n) is 3.98. The smallest absolute Gasteiger partial charge is 0.289 e. The lowest BCUT2D eigenvalue weighted by atomic mass is 10.1. The maximum absolute atomic E-state index is 12.1. The van der Waals surface area contributed by atoms with Crippen LogP contribution in [-0.2, 0) is 11.2 Å². The van der Waals surface area contributed by atoms with E-state index in [2.05, 4.69) is 19.1 Å². The highest BCUT2D eigenvalue weighted by atomic mass is 32.2. The number of ether oxygens (including phenoxy) is 1. The van der Waals surface area contributed by atoms with Crippen LogP contribution in [0.15, 0.2) is 24.3 Å². The van der Waals surface area contributed by atoms with Crippen molar-refractivity contribution in [1.82, 2.24) is 4.90 Å². The van der Waals surface area contributed by atoms with Crippen LogP contribution in [0.3, 0.4) is 0 Å². The number of carbonyl (C=O) groups excluding carboxylic acids is 2. The number of thioether (sulfide) groups is 1. The van der Waals surface area contributed by atoms with Crippen LogP contribution in [0.1, 0.15) is 38.2 Å². The van der Waals surface area contributed by atoms with Gasteiger partial charge < -0.3 is 10.5 Å². The molecule has 1 unspecified atom stereocenters. The summed E-state index contributed by atoms with van der Waals surface area (Å²) < 4.78 is 5.65. The van der Waals surface area contributed by atoms with Gasteiger partial charge in [-0.2, -0.15) is 0 Å². The molecule has 1 fully saturated rings. The van der Waals surface area contributed by atoms with Crippen molar-refractivity contribution >= 4 is 22.9 Å². The van der Waals surface area contributed by atoms with Crippen molar-refractivity contribution in [2.75, 3.05) is 19.7 Å². The van der Waals surface area contributed by atoms with Crippen molar-refractivity contribution in [3.63, 3.8) is 0 Å². The summed E-state index contributed by atoms with van der Waals surface area (Å²) in [4.78, 5) is 25.2. The molecule has 2 rings (SSSR count). The van der Waals surface area contributed by atoms with Crippen LogP contribution in [0.25, 0.3) is 0 Å². The summed E-state index contributed by atoms with van der Waals surface area (Å²) in [6.07, 6.45) is 4.68. The van der Waals surface area contributed by atoms with Gasteiger partial charge in [0.15, 0.2) is 0 Å². The second-order valence-corrected chi connectivity index (χ2v) is 7.04. The quantitative estimate of drug-likeness (QED) is 0.656. The molecule has 6 heteroatoms. The Hall–Kier alpha value is -1.53. The Bertz CT molecular complexity index is 548. The van der Waals surface area contributed by atoms with E-state index in [-0.39, 0.29) is 16.4 Å². The Labute approximate surface area is 147 Å². The van der Waals surface area contributed by atoms with Crippen molar-refractivity contribution < 1.29 is 14.3 Å². The second kappa shape index (κ2) is 9.69. The molecule has 0 aromatic heterocycles. The second-order valence-electron chi connectivity index (χ2n) is 5.89. The van der Waals surface area contributed by atoms with Crippen LogP contribution < -0.4 is 10.5 Å². The molecule has 0 saturated carbocycles. The monoisotopic (exact) mass is 350 g/mol. The highest BCUT2D eigenvalue weighted by Crippen LogP contribution is 2.30. The summed E-state index contributed by atoms with van der Waals surface area (Å²) in [7, 11) is 0. The number of nitrogens with two attached hydrogens (primary N) is 1. The molecule has 5 nitrogen and oxygen atoms in total. The fourth-order valence-electron chi connectivity index (χ4n) is 2.59. The number of unbranched alkanes of at least 4 members (excludes halogenated alkanes) is 1. The molecule has 2 N–H and O–H groups in total. The molecule has 1 saturated heterocycles. The zero-order chi connectivity index (χ0) is 17.4. The van der Waals surface area contributed by atoms with Gasteiger partial charge in [-0.1, -0.05) is 37.2 Å². The third kappa shape index (κ3) is 5.24. The lowest BCUT2D eigenvalue weighted by Gasteiger charge is -2.12. The molecule has 1 aliphatic heterocycles. The fraction of sp³-hybridized carbons (Fsp3) is 0.556. The topological polar surface area (TPSA) is 72.6 Å². The van der Waals surface area contributed by atoms with Crippen LogP contribution in [0.4, 0.5) is 4.79 Å². The van der Waals surface area contributed by atoms with Gasteiger partial charge in [-0.15, -0.1) is 0 Å². The van der Waals surface area contributed by atoms with Crippen molar-refractivity contribution in [2.45, 2.75) is 44.3 Å². The first-order chi connectivity index (χ1) is 11.7. The van der Waals surface area contributed by atoms with Crippen LogP contribution >= 0.6 is 11.8 Å². The number of amides is 2. The van der Waals surface area contributed by atoms with E-state index in [0.29, 0.717) is 19.5 Å². The molecule has 24 heavy (non-hydrogen) atoms. The van der Waals surface area contributed by atoms with E-state index >= 15 is 0 Å². The number of imide groups is 1. The largest absolute Gasteiger partial charge is 0.494 e. The fourth-order valence-corrected chi connectivity index (χ4v) is 3.66. The Morgan fingerprint density at radius 1 is 1.21 bits per heavy atom. The zero-order valence-corrected chi connectivity index (χ0v) is 15.0. The van der Waals surface area contributed by atoms with Gasteiger partial charge in [-0.3, -0.25) is 14.5 Å². The predicted octanol–water partition coefficient (Wildman–Crippen LogP) is 3.21. The standard InChI is InChI=1S/C18H26N2O3S/c1-2-3-13-23-15-9-7-14(8-10-15)5-4-6-16-17(21)20(12-11-19)18(22)24-16/h7-10,16H,2-6,11-13,19H2,1H3. The van der Waals surface area contributed by atoms with Gasteiger partial charge in [0, 0.05) is 13.1 Å². The highest BCUT2D eigenvalue weighted by Gasteiger charge is 2.38. The normalized spacial score (nSPS) is 17.6. The molecule has 1 heterocycles. The van der Waals surface area contributed by atoms with Gasteiger partial charge in [0.2, 0.25) is 5.91 Å². The van der Waals surface area contributed by atoms with Gasteiger partial charge in [0.25, 0.3) is 5.24 Å². The minimum absolute atomic E-state index is 0.0878. The molecule has 0 bridgehead atoms. The van der Waals surface area contributed by atoms with Gasteiger partial charge in [-0.05, 0) is 43.4 Å². The number of hydrogen-bond donors (Lipinski definition) is 1. The molecule has 1 aliphatic rings. The van der Waals surface area contributed by atoms with Crippen molar-refractivity contribution in [3.8, 4) is 5.75 Å². The molecule has 0 spiro atoms. The maximum Gasteiger partial charge on any atom is 0.289 e. The lowest BCUT2D eigenvalue weighted by molar-refractivity contribution is -0.126. The van der Waals surface area contributed by atoms with Crippen LogP contribution in [0.5, 0.6) is 5.75 Å². The minimum atomic E-state index is -0.249. The van der Waals surface area contributed by atoms with Gasteiger partial charge in [-0.25, -0.2) is 0 Å². The Morgan fingerprint density at radius 3 is 2.62 bits per heavy atom. The number of aryl methyl sites for hydroxylation is 1. The van der Waals surface area contributed by atoms with E-state index in [1.165, 1.54) is 10.5 Å². The van der Waals surface area contributed by atoms with E-state index < -0.39 is 0 Å². The first-order valence-corrected chi connectivity index (χ1v) is 9.47. The molecule has 1 aromatic rings. The van der Waals surface area contributed by atoms with E-state index in [9.17, 15) is 9.59 Å². The number of carbonyl (C=O) groups is 2. The lowest BCUT2D eigenvalue weighted by Crippen LogP contribution is -2.35. The first-order valence-electron chi connectivity index (χ1n) is 8.59. The molecular weight excluding hydrogens is 324 g/mol. The summed E-state index contributed by atoms with van der Waals surface area (Å²) in [5.41, 5.74) is 6.66. The van der Waals surface area contributed by atoms with E-state index in [1.54, 1.807) is 0 Å². The maximum atomic E-state index is 12.1. The number of nitrogens with zero attached hydrogens (tertiary/aromatic N) is 1. The summed E-state index contributed by atoms with van der Waals surface area (Å²) >= 11 is 1.13. The number of benzene rings is 1. The summed E-state index contributed by atoms with van der Waals surface area (Å²) in [5.74, 6) is 0.812. The molecule has 132 valence electrons. The van der Waals surface area contributed by atoms with E-state index in [4.69, 9.17) is 10.5 Å². The summed E-state index contributed by atoms with van der Waals surface area (Å²) in [6.45, 7) is 3.53. The molecule has 1 aromatic carbocycles. The highest BCUT2D eigenvalue weighted by molar-refractivity contribution is 8.15. The Balaban J connectivity index is 1.74. The molecular formula is C18H26N2O3S.